The SMILES string of the molecule is N#Cc1ccc(N(N)/C=C\N)cc1F. The van der Waals surface area contributed by atoms with Gasteiger partial charge in [-0.15, -0.1) is 0 Å². The summed E-state index contributed by atoms with van der Waals surface area (Å²) in [5.41, 5.74) is 5.52. The van der Waals surface area contributed by atoms with E-state index in [1.165, 1.54) is 30.6 Å². The van der Waals surface area contributed by atoms with E-state index in [2.05, 4.69) is 0 Å². The Morgan fingerprint density at radius 1 is 1.50 bits per heavy atom. The number of nitrogens with two attached hydrogens (primary N) is 2. The van der Waals surface area contributed by atoms with Crippen molar-refractivity contribution < 1.29 is 4.39 Å². The molecule has 1 rings (SSSR count). The molecule has 4 N–H and O–H groups in total. The molecule has 72 valence electrons. The van der Waals surface area contributed by atoms with Crippen molar-refractivity contribution in [2.24, 2.45) is 11.6 Å². The third-order valence-electron chi connectivity index (χ3n) is 1.62. The molecule has 0 saturated heterocycles. The van der Waals surface area contributed by atoms with Crippen LogP contribution in [-0.4, -0.2) is 0 Å². The van der Waals surface area contributed by atoms with Crippen LogP contribution in [0.2, 0.25) is 0 Å². The van der Waals surface area contributed by atoms with Crippen LogP contribution in [0.1, 0.15) is 5.56 Å². The Morgan fingerprint density at radius 3 is 2.71 bits per heavy atom. The highest BCUT2D eigenvalue weighted by molar-refractivity contribution is 5.51. The summed E-state index contributed by atoms with van der Waals surface area (Å²) in [6.45, 7) is 0. The van der Waals surface area contributed by atoms with E-state index in [-0.39, 0.29) is 5.56 Å². The van der Waals surface area contributed by atoms with Crippen LogP contribution in [-0.2, 0) is 0 Å². The van der Waals surface area contributed by atoms with Crippen molar-refractivity contribution in [3.05, 3.63) is 42.0 Å². The van der Waals surface area contributed by atoms with Gasteiger partial charge < -0.3 is 5.73 Å². The molecular formula is C9H9FN4. The van der Waals surface area contributed by atoms with Gasteiger partial charge in [-0.05, 0) is 12.1 Å². The Kier molecular flexibility index (Phi) is 3.05. The summed E-state index contributed by atoms with van der Waals surface area (Å²) in [4.78, 5) is 0. The fraction of sp³-hybridized carbons (Fsp3) is 0. The lowest BCUT2D eigenvalue weighted by atomic mass is 10.2. The van der Waals surface area contributed by atoms with Crippen LogP contribution < -0.4 is 16.6 Å². The van der Waals surface area contributed by atoms with Crippen LogP contribution in [0.15, 0.2) is 30.6 Å². The molecular weight excluding hydrogens is 183 g/mol. The second kappa shape index (κ2) is 4.25. The van der Waals surface area contributed by atoms with E-state index in [9.17, 15) is 4.39 Å². The number of hydrogen-bond donors (Lipinski definition) is 2. The first-order chi connectivity index (χ1) is 6.69. The molecule has 0 fully saturated rings. The van der Waals surface area contributed by atoms with Gasteiger partial charge in [-0.2, -0.15) is 5.26 Å². The molecule has 0 bridgehead atoms. The summed E-state index contributed by atoms with van der Waals surface area (Å²) >= 11 is 0. The Balaban J connectivity index is 3.04. The van der Waals surface area contributed by atoms with Gasteiger partial charge in [0.1, 0.15) is 11.9 Å². The van der Waals surface area contributed by atoms with E-state index in [0.29, 0.717) is 5.69 Å². The third kappa shape index (κ3) is 2.00. The second-order valence-electron chi connectivity index (χ2n) is 2.52. The lowest BCUT2D eigenvalue weighted by molar-refractivity contribution is 0.623. The normalized spacial score (nSPS) is 10.1. The Bertz CT molecular complexity index is 394. The maximum absolute atomic E-state index is 13.1. The molecule has 0 aliphatic carbocycles. The van der Waals surface area contributed by atoms with E-state index in [0.717, 1.165) is 5.01 Å². The van der Waals surface area contributed by atoms with Crippen molar-refractivity contribution in [2.75, 3.05) is 5.01 Å². The van der Waals surface area contributed by atoms with E-state index in [4.69, 9.17) is 16.8 Å². The Labute approximate surface area is 80.8 Å². The van der Waals surface area contributed by atoms with Crippen LogP contribution >= 0.6 is 0 Å². The van der Waals surface area contributed by atoms with Gasteiger partial charge in [0, 0.05) is 18.5 Å². The quantitative estimate of drug-likeness (QED) is 0.536. The predicted molar refractivity (Wildman–Crippen MR) is 51.1 cm³/mol. The third-order valence-corrected chi connectivity index (χ3v) is 1.62. The number of nitrogens with zero attached hydrogens (tertiary/aromatic N) is 2. The lowest BCUT2D eigenvalue weighted by Gasteiger charge is -2.12. The van der Waals surface area contributed by atoms with Crippen LogP contribution in [0, 0.1) is 17.1 Å². The number of nitriles is 1. The molecule has 0 spiro atoms. The molecule has 0 saturated carbocycles. The van der Waals surface area contributed by atoms with Gasteiger partial charge in [0.05, 0.1) is 11.3 Å². The number of anilines is 1. The zero-order chi connectivity index (χ0) is 10.6. The molecule has 0 radical (unpaired) electrons. The van der Waals surface area contributed by atoms with Crippen molar-refractivity contribution in [1.29, 1.82) is 5.26 Å². The summed E-state index contributed by atoms with van der Waals surface area (Å²) in [5, 5.41) is 9.64. The van der Waals surface area contributed by atoms with Gasteiger partial charge in [-0.1, -0.05) is 0 Å². The molecule has 4 nitrogen and oxygen atoms in total. The van der Waals surface area contributed by atoms with Crippen molar-refractivity contribution >= 4 is 5.69 Å². The van der Waals surface area contributed by atoms with E-state index >= 15 is 0 Å². The predicted octanol–water partition coefficient (Wildman–Crippen LogP) is 0.807. The molecule has 0 aliphatic heterocycles. The fourth-order valence-corrected chi connectivity index (χ4v) is 0.934. The average Bonchev–Trinajstić information content (AvgIpc) is 2.18. The molecule has 0 heterocycles. The van der Waals surface area contributed by atoms with Crippen molar-refractivity contribution in [3.63, 3.8) is 0 Å². The highest BCUT2D eigenvalue weighted by Crippen LogP contribution is 2.16. The summed E-state index contributed by atoms with van der Waals surface area (Å²) in [6, 6.07) is 5.77. The second-order valence-corrected chi connectivity index (χ2v) is 2.52. The first-order valence-corrected chi connectivity index (χ1v) is 3.81. The topological polar surface area (TPSA) is 79.1 Å². The first kappa shape index (κ1) is 10.0. The van der Waals surface area contributed by atoms with Gasteiger partial charge in [-0.3, -0.25) is 5.01 Å². The molecule has 0 atom stereocenters. The van der Waals surface area contributed by atoms with Gasteiger partial charge in [-0.25, -0.2) is 10.2 Å². The molecule has 0 amide bonds. The van der Waals surface area contributed by atoms with Crippen LogP contribution in [0.4, 0.5) is 10.1 Å². The first-order valence-electron chi connectivity index (χ1n) is 3.81. The lowest BCUT2D eigenvalue weighted by Crippen LogP contribution is -2.24. The molecule has 14 heavy (non-hydrogen) atoms. The van der Waals surface area contributed by atoms with Crippen molar-refractivity contribution in [3.8, 4) is 6.07 Å². The number of hydrazine groups is 1. The molecule has 1 aromatic rings. The highest BCUT2D eigenvalue weighted by atomic mass is 19.1. The van der Waals surface area contributed by atoms with E-state index in [1.54, 1.807) is 6.07 Å². The van der Waals surface area contributed by atoms with Gasteiger partial charge in [0.2, 0.25) is 0 Å². The number of rotatable bonds is 2. The summed E-state index contributed by atoms with van der Waals surface area (Å²) in [7, 11) is 0. The fourth-order valence-electron chi connectivity index (χ4n) is 0.934. The minimum Gasteiger partial charge on any atom is -0.403 e. The van der Waals surface area contributed by atoms with E-state index < -0.39 is 5.82 Å². The summed E-state index contributed by atoms with van der Waals surface area (Å²) < 4.78 is 13.1. The number of halogens is 1. The van der Waals surface area contributed by atoms with Gasteiger partial charge in [0.25, 0.3) is 0 Å². The molecule has 0 unspecified atom stereocenters. The summed E-state index contributed by atoms with van der Waals surface area (Å²) in [6.07, 6.45) is 2.61. The molecule has 5 heteroatoms. The standard InChI is InChI=1S/C9H9FN4/c10-9-5-8(14(13)4-3-11)2-1-7(9)6-12/h1-5H,11,13H2/b4-3-. The minimum absolute atomic E-state index is 0.0149. The number of hydrogen-bond acceptors (Lipinski definition) is 4. The largest absolute Gasteiger partial charge is 0.403 e. The zero-order valence-corrected chi connectivity index (χ0v) is 7.31. The summed E-state index contributed by atoms with van der Waals surface area (Å²) in [5.74, 6) is 4.88. The highest BCUT2D eigenvalue weighted by Gasteiger charge is 2.04. The van der Waals surface area contributed by atoms with Crippen LogP contribution in [0.5, 0.6) is 0 Å². The average molecular weight is 192 g/mol. The van der Waals surface area contributed by atoms with Crippen LogP contribution in [0.3, 0.4) is 0 Å². The van der Waals surface area contributed by atoms with Crippen molar-refractivity contribution in [2.45, 2.75) is 0 Å². The maximum atomic E-state index is 13.1. The van der Waals surface area contributed by atoms with Crippen molar-refractivity contribution in [1.82, 2.24) is 0 Å². The Hall–Kier alpha value is -2.06. The van der Waals surface area contributed by atoms with E-state index in [1.807, 2.05) is 0 Å². The number of benzene rings is 1. The van der Waals surface area contributed by atoms with Crippen LogP contribution in [0.25, 0.3) is 0 Å². The Morgan fingerprint density at radius 2 is 2.21 bits per heavy atom. The van der Waals surface area contributed by atoms with Gasteiger partial charge >= 0.3 is 0 Å². The zero-order valence-electron chi connectivity index (χ0n) is 7.31. The molecule has 0 aromatic heterocycles. The smallest absolute Gasteiger partial charge is 0.143 e. The maximum Gasteiger partial charge on any atom is 0.143 e. The van der Waals surface area contributed by atoms with Gasteiger partial charge in [0.15, 0.2) is 0 Å². The monoisotopic (exact) mass is 192 g/mol. The molecule has 0 aliphatic rings. The minimum atomic E-state index is -0.606. The molecule has 1 aromatic carbocycles.